The molecule has 0 spiro atoms. The second-order valence-corrected chi connectivity index (χ2v) is 8.40. The molecule has 172 valence electrons. The maximum atomic E-state index is 10.8. The number of aliphatic hydroxyl groups excluding tert-OH is 2. The molecule has 1 aromatic carbocycles. The molecule has 0 bridgehead atoms. The number of carbonyl (C=O) groups excluding carboxylic acids is 1. The molecule has 0 radical (unpaired) electrons. The molecule has 31 heavy (non-hydrogen) atoms. The van der Waals surface area contributed by atoms with Crippen LogP contribution in [0.25, 0.3) is 0 Å². The van der Waals surface area contributed by atoms with Crippen LogP contribution in [0.3, 0.4) is 0 Å². The van der Waals surface area contributed by atoms with Gasteiger partial charge >= 0.3 is 0 Å². The molecule has 0 saturated carbocycles. The quantitative estimate of drug-likeness (QED) is 0.435. The second-order valence-electron chi connectivity index (χ2n) is 8.40. The fourth-order valence-corrected chi connectivity index (χ4v) is 4.55. The van der Waals surface area contributed by atoms with Gasteiger partial charge in [0.15, 0.2) is 24.1 Å². The maximum Gasteiger partial charge on any atom is 0.293 e. The van der Waals surface area contributed by atoms with Crippen LogP contribution in [0.2, 0.25) is 0 Å². The summed E-state index contributed by atoms with van der Waals surface area (Å²) >= 11 is 0. The molecular formula is C22H30O9. The highest BCUT2D eigenvalue weighted by atomic mass is 16.7. The van der Waals surface area contributed by atoms with Crippen LogP contribution in [0, 0.1) is 11.8 Å². The highest BCUT2D eigenvalue weighted by Crippen LogP contribution is 2.44. The summed E-state index contributed by atoms with van der Waals surface area (Å²) in [4.78, 5) is 10.8. The third-order valence-corrected chi connectivity index (χ3v) is 6.42. The normalized spacial score (nSPS) is 32.5. The largest absolute Gasteiger partial charge is 0.468 e. The van der Waals surface area contributed by atoms with Crippen molar-refractivity contribution in [3.05, 3.63) is 23.3 Å². The van der Waals surface area contributed by atoms with Gasteiger partial charge in [-0.1, -0.05) is 6.92 Å². The fraction of sp³-hybridized carbons (Fsp3) is 0.682. The Hall–Kier alpha value is -1.91. The first-order valence-corrected chi connectivity index (χ1v) is 10.7. The molecule has 0 amide bonds. The van der Waals surface area contributed by atoms with Crippen LogP contribution < -0.4 is 9.47 Å². The predicted molar refractivity (Wildman–Crippen MR) is 107 cm³/mol. The van der Waals surface area contributed by atoms with Crippen LogP contribution in [0.5, 0.6) is 11.5 Å². The topological polar surface area (TPSA) is 113 Å². The number of aryl methyl sites for hydroxylation is 1. The summed E-state index contributed by atoms with van der Waals surface area (Å²) in [5.74, 6) is 1.25. The summed E-state index contributed by atoms with van der Waals surface area (Å²) in [5, 5.41) is 19.9. The third kappa shape index (κ3) is 4.80. The van der Waals surface area contributed by atoms with Crippen LogP contribution >= 0.6 is 0 Å². The van der Waals surface area contributed by atoms with Gasteiger partial charge in [0.1, 0.15) is 6.10 Å². The van der Waals surface area contributed by atoms with Crippen molar-refractivity contribution in [1.82, 2.24) is 0 Å². The number of fused-ring (bicyclic) bond motifs is 2. The van der Waals surface area contributed by atoms with E-state index in [9.17, 15) is 15.0 Å². The lowest BCUT2D eigenvalue weighted by atomic mass is 9.75. The first-order valence-electron chi connectivity index (χ1n) is 10.7. The molecule has 2 heterocycles. The van der Waals surface area contributed by atoms with Crippen LogP contribution in [-0.4, -0.2) is 68.1 Å². The Bertz CT molecular complexity index is 768. The minimum Gasteiger partial charge on any atom is -0.468 e. The van der Waals surface area contributed by atoms with E-state index in [0.29, 0.717) is 18.8 Å². The minimum atomic E-state index is -0.904. The van der Waals surface area contributed by atoms with Gasteiger partial charge in [0.25, 0.3) is 6.47 Å². The Morgan fingerprint density at radius 3 is 2.74 bits per heavy atom. The van der Waals surface area contributed by atoms with Gasteiger partial charge in [-0.15, -0.1) is 0 Å². The molecule has 1 aliphatic carbocycles. The van der Waals surface area contributed by atoms with E-state index in [-0.39, 0.29) is 43.9 Å². The van der Waals surface area contributed by atoms with E-state index in [1.54, 1.807) is 0 Å². The van der Waals surface area contributed by atoms with Gasteiger partial charge in [-0.2, -0.15) is 0 Å². The summed E-state index contributed by atoms with van der Waals surface area (Å²) in [5.41, 5.74) is 2.23. The molecule has 2 N–H and O–H groups in total. The van der Waals surface area contributed by atoms with Gasteiger partial charge < -0.3 is 38.6 Å². The molecule has 7 unspecified atom stereocenters. The summed E-state index contributed by atoms with van der Waals surface area (Å²) in [6.45, 7) is 4.80. The van der Waals surface area contributed by atoms with E-state index in [1.807, 2.05) is 19.1 Å². The molecule has 3 aliphatic rings. The SMILES string of the molecule is CC(O)OCC1OC(OCC2c3cc4c(cc3CCC2COC=O)OCO4)C(O)C1C. The molecule has 7 atom stereocenters. The van der Waals surface area contributed by atoms with Crippen molar-refractivity contribution < 1.29 is 43.4 Å². The van der Waals surface area contributed by atoms with E-state index in [1.165, 1.54) is 6.92 Å². The van der Waals surface area contributed by atoms with Crippen molar-refractivity contribution in [2.24, 2.45) is 11.8 Å². The van der Waals surface area contributed by atoms with E-state index in [4.69, 9.17) is 28.4 Å². The zero-order valence-corrected chi connectivity index (χ0v) is 17.8. The molecular weight excluding hydrogens is 408 g/mol. The van der Waals surface area contributed by atoms with E-state index in [0.717, 1.165) is 29.7 Å². The number of benzene rings is 1. The molecule has 9 nitrogen and oxygen atoms in total. The maximum absolute atomic E-state index is 10.8. The highest BCUT2D eigenvalue weighted by molar-refractivity contribution is 5.51. The van der Waals surface area contributed by atoms with Crippen molar-refractivity contribution in [2.75, 3.05) is 26.6 Å². The fourth-order valence-electron chi connectivity index (χ4n) is 4.55. The minimum absolute atomic E-state index is 0.0583. The number of hydrogen-bond acceptors (Lipinski definition) is 9. The lowest BCUT2D eigenvalue weighted by molar-refractivity contribution is -0.187. The van der Waals surface area contributed by atoms with Crippen LogP contribution in [-0.2, 0) is 30.2 Å². The Balaban J connectivity index is 1.47. The summed E-state index contributed by atoms with van der Waals surface area (Å²) in [6, 6.07) is 3.99. The third-order valence-electron chi connectivity index (χ3n) is 6.42. The van der Waals surface area contributed by atoms with E-state index < -0.39 is 18.7 Å². The monoisotopic (exact) mass is 438 g/mol. The van der Waals surface area contributed by atoms with Gasteiger partial charge in [-0.3, -0.25) is 4.79 Å². The molecule has 1 saturated heterocycles. The lowest BCUT2D eigenvalue weighted by Gasteiger charge is -2.34. The van der Waals surface area contributed by atoms with Gasteiger partial charge in [0.2, 0.25) is 6.79 Å². The van der Waals surface area contributed by atoms with Crippen molar-refractivity contribution >= 4 is 6.47 Å². The molecule has 0 aromatic heterocycles. The Morgan fingerprint density at radius 2 is 2.00 bits per heavy atom. The highest BCUT2D eigenvalue weighted by Gasteiger charge is 2.43. The van der Waals surface area contributed by atoms with E-state index >= 15 is 0 Å². The molecule has 2 aliphatic heterocycles. The smallest absolute Gasteiger partial charge is 0.293 e. The Kier molecular flexibility index (Phi) is 6.98. The van der Waals surface area contributed by atoms with Gasteiger partial charge in [-0.25, -0.2) is 0 Å². The number of aliphatic hydroxyl groups is 2. The summed E-state index contributed by atoms with van der Waals surface area (Å²) in [6.07, 6.45) is -1.22. The molecule has 1 fully saturated rings. The number of hydrogen-bond donors (Lipinski definition) is 2. The summed E-state index contributed by atoms with van der Waals surface area (Å²) < 4.78 is 33.3. The zero-order valence-electron chi connectivity index (χ0n) is 17.8. The molecule has 4 rings (SSSR count). The Labute approximate surface area is 181 Å². The standard InChI is InChI=1S/C22H30O9/c1-12-20(9-27-13(2)24)31-22(21(12)25)28-8-17-15(7-26-10-23)4-3-14-5-18-19(6-16(14)17)30-11-29-18/h5-6,10,12-13,15,17,20-22,24-25H,3-4,7-9,11H2,1-2H3. The second kappa shape index (κ2) is 9.70. The summed E-state index contributed by atoms with van der Waals surface area (Å²) in [7, 11) is 0. The number of rotatable bonds is 9. The first kappa shape index (κ1) is 22.3. The van der Waals surface area contributed by atoms with Crippen molar-refractivity contribution in [1.29, 1.82) is 0 Å². The van der Waals surface area contributed by atoms with Crippen molar-refractivity contribution in [2.45, 2.75) is 57.4 Å². The lowest BCUT2D eigenvalue weighted by Crippen LogP contribution is -2.33. The molecule has 9 heteroatoms. The van der Waals surface area contributed by atoms with Crippen LogP contribution in [0.15, 0.2) is 12.1 Å². The number of carbonyl (C=O) groups is 1. The zero-order chi connectivity index (χ0) is 22.0. The van der Waals surface area contributed by atoms with Crippen molar-refractivity contribution in [3.8, 4) is 11.5 Å². The first-order chi connectivity index (χ1) is 15.0. The van der Waals surface area contributed by atoms with Gasteiger partial charge in [0, 0.05) is 17.8 Å². The van der Waals surface area contributed by atoms with E-state index in [2.05, 4.69) is 0 Å². The predicted octanol–water partition coefficient (Wildman–Crippen LogP) is 1.33. The Morgan fingerprint density at radius 1 is 1.23 bits per heavy atom. The van der Waals surface area contributed by atoms with Crippen molar-refractivity contribution in [3.63, 3.8) is 0 Å². The average Bonchev–Trinajstić information content (AvgIpc) is 3.32. The van der Waals surface area contributed by atoms with Gasteiger partial charge in [-0.05, 0) is 43.0 Å². The van der Waals surface area contributed by atoms with Gasteiger partial charge in [0.05, 0.1) is 25.9 Å². The average molecular weight is 438 g/mol. The van der Waals surface area contributed by atoms with Crippen LogP contribution in [0.1, 0.15) is 37.3 Å². The van der Waals surface area contributed by atoms with Crippen LogP contribution in [0.4, 0.5) is 0 Å². The molecule has 1 aromatic rings. The number of ether oxygens (including phenoxy) is 6.